The Morgan fingerprint density at radius 1 is 1.50 bits per heavy atom. The fraction of sp³-hybridized carbons (Fsp3) is 0.909. The smallest absolute Gasteiger partial charge is 0.219 e. The van der Waals surface area contributed by atoms with Gasteiger partial charge in [0, 0.05) is 19.0 Å². The third-order valence-electron chi connectivity index (χ3n) is 2.79. The first-order valence-corrected chi connectivity index (χ1v) is 5.83. The second kappa shape index (κ2) is 6.82. The lowest BCUT2D eigenvalue weighted by Crippen LogP contribution is -2.34. The van der Waals surface area contributed by atoms with Crippen LogP contribution in [-0.4, -0.2) is 25.0 Å². The summed E-state index contributed by atoms with van der Waals surface area (Å²) in [6.07, 6.45) is 6.89. The van der Waals surface area contributed by atoms with E-state index in [2.05, 4.69) is 10.6 Å². The number of hydrogen-bond donors (Lipinski definition) is 2. The van der Waals surface area contributed by atoms with Gasteiger partial charge in [-0.3, -0.25) is 4.79 Å². The van der Waals surface area contributed by atoms with E-state index in [1.165, 1.54) is 32.2 Å². The number of carbonyl (C=O) groups excluding carboxylic acids is 1. The molecular formula is C11H22N2O. The van der Waals surface area contributed by atoms with Crippen LogP contribution < -0.4 is 10.6 Å². The van der Waals surface area contributed by atoms with Crippen LogP contribution in [0.4, 0.5) is 0 Å². The number of nitrogens with one attached hydrogen (secondary N) is 2. The van der Waals surface area contributed by atoms with Crippen LogP contribution in [0.25, 0.3) is 0 Å². The fourth-order valence-corrected chi connectivity index (χ4v) is 1.87. The van der Waals surface area contributed by atoms with Crippen molar-refractivity contribution in [3.8, 4) is 0 Å². The van der Waals surface area contributed by atoms with Gasteiger partial charge in [0.2, 0.25) is 5.91 Å². The minimum Gasteiger partial charge on any atom is -0.356 e. The lowest BCUT2D eigenvalue weighted by molar-refractivity contribution is -0.120. The summed E-state index contributed by atoms with van der Waals surface area (Å²) >= 11 is 0. The number of carbonyl (C=O) groups is 1. The van der Waals surface area contributed by atoms with E-state index >= 15 is 0 Å². The van der Waals surface area contributed by atoms with Crippen molar-refractivity contribution >= 4 is 5.91 Å². The predicted octanol–water partition coefficient (Wildman–Crippen LogP) is 1.43. The van der Waals surface area contributed by atoms with E-state index < -0.39 is 0 Å². The molecule has 0 aromatic heterocycles. The van der Waals surface area contributed by atoms with Gasteiger partial charge >= 0.3 is 0 Å². The molecule has 82 valence electrons. The Labute approximate surface area is 86.6 Å². The van der Waals surface area contributed by atoms with Crippen molar-refractivity contribution in [2.75, 3.05) is 13.1 Å². The van der Waals surface area contributed by atoms with Crippen molar-refractivity contribution in [3.05, 3.63) is 0 Å². The van der Waals surface area contributed by atoms with Gasteiger partial charge < -0.3 is 10.6 Å². The van der Waals surface area contributed by atoms with Crippen LogP contribution in [0.1, 0.15) is 45.4 Å². The summed E-state index contributed by atoms with van der Waals surface area (Å²) in [5.74, 6) is 0.168. The lowest BCUT2D eigenvalue weighted by Gasteiger charge is -2.23. The van der Waals surface area contributed by atoms with E-state index in [4.69, 9.17) is 0 Å². The zero-order chi connectivity index (χ0) is 10.2. The molecule has 1 atom stereocenters. The average molecular weight is 198 g/mol. The molecule has 3 nitrogen and oxygen atoms in total. The van der Waals surface area contributed by atoms with Gasteiger partial charge in [0.25, 0.3) is 0 Å². The van der Waals surface area contributed by atoms with Crippen LogP contribution in [0.15, 0.2) is 0 Å². The van der Waals surface area contributed by atoms with Crippen molar-refractivity contribution in [2.24, 2.45) is 0 Å². The second-order valence-corrected chi connectivity index (χ2v) is 3.99. The van der Waals surface area contributed by atoms with Crippen LogP contribution in [0, 0.1) is 0 Å². The maximum absolute atomic E-state index is 10.9. The first-order valence-electron chi connectivity index (χ1n) is 5.83. The third kappa shape index (κ3) is 4.61. The highest BCUT2D eigenvalue weighted by Crippen LogP contribution is 2.10. The van der Waals surface area contributed by atoms with Crippen LogP contribution in [0.3, 0.4) is 0 Å². The minimum absolute atomic E-state index is 0.168. The SMILES string of the molecule is CCC(=O)NCCCC1CCCCN1. The normalized spacial score (nSPS) is 21.9. The Bertz CT molecular complexity index is 165. The van der Waals surface area contributed by atoms with E-state index in [9.17, 15) is 4.79 Å². The maximum atomic E-state index is 10.9. The maximum Gasteiger partial charge on any atom is 0.219 e. The molecule has 3 heteroatoms. The molecule has 1 aliphatic rings. The Hall–Kier alpha value is -0.570. The monoisotopic (exact) mass is 198 g/mol. The highest BCUT2D eigenvalue weighted by Gasteiger charge is 2.11. The van der Waals surface area contributed by atoms with Crippen molar-refractivity contribution in [2.45, 2.75) is 51.5 Å². The topological polar surface area (TPSA) is 41.1 Å². The summed E-state index contributed by atoms with van der Waals surface area (Å²) in [5.41, 5.74) is 0. The molecule has 1 amide bonds. The molecular weight excluding hydrogens is 176 g/mol. The fourth-order valence-electron chi connectivity index (χ4n) is 1.87. The van der Waals surface area contributed by atoms with Crippen LogP contribution in [0.5, 0.6) is 0 Å². The molecule has 0 aliphatic carbocycles. The van der Waals surface area contributed by atoms with Crippen LogP contribution >= 0.6 is 0 Å². The third-order valence-corrected chi connectivity index (χ3v) is 2.79. The van der Waals surface area contributed by atoms with Gasteiger partial charge in [-0.05, 0) is 32.2 Å². The molecule has 1 aliphatic heterocycles. The Morgan fingerprint density at radius 3 is 3.00 bits per heavy atom. The molecule has 1 rings (SSSR count). The molecule has 1 saturated heterocycles. The Kier molecular flexibility index (Phi) is 5.60. The van der Waals surface area contributed by atoms with E-state index in [0.29, 0.717) is 12.5 Å². The second-order valence-electron chi connectivity index (χ2n) is 3.99. The summed E-state index contributed by atoms with van der Waals surface area (Å²) in [6, 6.07) is 0.697. The number of piperidine rings is 1. The number of rotatable bonds is 5. The average Bonchev–Trinajstić information content (AvgIpc) is 2.25. The zero-order valence-corrected chi connectivity index (χ0v) is 9.14. The van der Waals surface area contributed by atoms with Gasteiger partial charge in [-0.1, -0.05) is 13.3 Å². The first-order chi connectivity index (χ1) is 6.83. The molecule has 0 spiro atoms. The molecule has 1 heterocycles. The highest BCUT2D eigenvalue weighted by molar-refractivity contribution is 5.75. The van der Waals surface area contributed by atoms with Gasteiger partial charge in [0.05, 0.1) is 0 Å². The number of hydrogen-bond acceptors (Lipinski definition) is 2. The van der Waals surface area contributed by atoms with Crippen molar-refractivity contribution in [3.63, 3.8) is 0 Å². The summed E-state index contributed by atoms with van der Waals surface area (Å²) < 4.78 is 0. The molecule has 0 radical (unpaired) electrons. The highest BCUT2D eigenvalue weighted by atomic mass is 16.1. The largest absolute Gasteiger partial charge is 0.356 e. The first kappa shape index (κ1) is 11.5. The molecule has 0 aromatic carbocycles. The van der Waals surface area contributed by atoms with E-state index in [1.807, 2.05) is 6.92 Å². The van der Waals surface area contributed by atoms with Gasteiger partial charge in [-0.25, -0.2) is 0 Å². The summed E-state index contributed by atoms with van der Waals surface area (Å²) in [6.45, 7) is 3.90. The van der Waals surface area contributed by atoms with Gasteiger partial charge in [0.1, 0.15) is 0 Å². The van der Waals surface area contributed by atoms with Gasteiger partial charge in [-0.2, -0.15) is 0 Å². The zero-order valence-electron chi connectivity index (χ0n) is 9.14. The Morgan fingerprint density at radius 2 is 2.36 bits per heavy atom. The Balaban J connectivity index is 1.94. The molecule has 0 saturated carbocycles. The lowest BCUT2D eigenvalue weighted by atomic mass is 10.0. The molecule has 1 unspecified atom stereocenters. The minimum atomic E-state index is 0.168. The number of amides is 1. The summed E-state index contributed by atoms with van der Waals surface area (Å²) in [5, 5.41) is 6.41. The molecule has 1 fully saturated rings. The molecule has 14 heavy (non-hydrogen) atoms. The van der Waals surface area contributed by atoms with Gasteiger partial charge in [-0.15, -0.1) is 0 Å². The molecule has 0 bridgehead atoms. The summed E-state index contributed by atoms with van der Waals surface area (Å²) in [7, 11) is 0. The van der Waals surface area contributed by atoms with Crippen molar-refractivity contribution in [1.29, 1.82) is 0 Å². The van der Waals surface area contributed by atoms with E-state index in [1.54, 1.807) is 0 Å². The van der Waals surface area contributed by atoms with E-state index in [0.717, 1.165) is 13.0 Å². The predicted molar refractivity (Wildman–Crippen MR) is 58.2 cm³/mol. The molecule has 2 N–H and O–H groups in total. The van der Waals surface area contributed by atoms with Crippen LogP contribution in [0.2, 0.25) is 0 Å². The quantitative estimate of drug-likeness (QED) is 0.656. The summed E-state index contributed by atoms with van der Waals surface area (Å²) in [4.78, 5) is 10.9. The standard InChI is InChI=1S/C11H22N2O/c1-2-11(14)13-9-5-7-10-6-3-4-8-12-10/h10,12H,2-9H2,1H3,(H,13,14). The van der Waals surface area contributed by atoms with E-state index in [-0.39, 0.29) is 5.91 Å². The van der Waals surface area contributed by atoms with Crippen molar-refractivity contribution in [1.82, 2.24) is 10.6 Å². The molecule has 0 aromatic rings. The van der Waals surface area contributed by atoms with Crippen molar-refractivity contribution < 1.29 is 4.79 Å². The van der Waals surface area contributed by atoms with Gasteiger partial charge in [0.15, 0.2) is 0 Å². The van der Waals surface area contributed by atoms with Crippen LogP contribution in [-0.2, 0) is 4.79 Å².